The van der Waals surface area contributed by atoms with Crippen LogP contribution in [-0.4, -0.2) is 20.1 Å². The van der Waals surface area contributed by atoms with E-state index in [0.29, 0.717) is 20.5 Å². The van der Waals surface area contributed by atoms with Crippen LogP contribution in [0.1, 0.15) is 5.56 Å². The molecule has 4 aromatic rings. The van der Waals surface area contributed by atoms with Gasteiger partial charge in [0, 0.05) is 11.5 Å². The van der Waals surface area contributed by atoms with E-state index in [4.69, 9.17) is 17.0 Å². The van der Waals surface area contributed by atoms with Gasteiger partial charge in [-0.1, -0.05) is 72.5 Å². The predicted molar refractivity (Wildman–Crippen MR) is 146 cm³/mol. The Bertz CT molecular complexity index is 1650. The van der Waals surface area contributed by atoms with Crippen LogP contribution >= 0.6 is 24.0 Å². The van der Waals surface area contributed by atoms with Crippen LogP contribution in [0.4, 0.5) is 17.1 Å². The molecule has 0 aromatic heterocycles. The molecule has 11 heteroatoms. The fourth-order valence-corrected chi connectivity index (χ4v) is 5.16. The monoisotopic (exact) mass is 529 g/mol. The molecule has 5 rings (SSSR count). The lowest BCUT2D eigenvalue weighted by atomic mass is 10.1. The summed E-state index contributed by atoms with van der Waals surface area (Å²) in [5.74, 6) is -0.144. The molecule has 0 N–H and O–H groups in total. The molecule has 1 heterocycles. The molecule has 0 unspecified atom stereocenters. The molecule has 0 bridgehead atoms. The number of fused-ring (bicyclic) bond motifs is 1. The second-order valence-corrected chi connectivity index (χ2v) is 9.53. The first-order chi connectivity index (χ1) is 17.8. The number of non-ortho nitro benzene ring substituents is 1. The number of ether oxygens (including phenoxy) is 1. The van der Waals surface area contributed by atoms with Gasteiger partial charge < -0.3 is 4.74 Å². The van der Waals surface area contributed by atoms with Gasteiger partial charge in [-0.3, -0.25) is 29.9 Å². The lowest BCUT2D eigenvalue weighted by Crippen LogP contribution is -2.27. The molecule has 1 saturated heterocycles. The Kier molecular flexibility index (Phi) is 6.38. The summed E-state index contributed by atoms with van der Waals surface area (Å²) in [4.78, 5) is 36.2. The highest BCUT2D eigenvalue weighted by molar-refractivity contribution is 8.27. The molecule has 0 spiro atoms. The van der Waals surface area contributed by atoms with Crippen molar-refractivity contribution in [3.63, 3.8) is 0 Å². The van der Waals surface area contributed by atoms with Crippen molar-refractivity contribution in [3.05, 3.63) is 116 Å². The fraction of sp³-hybridized carbons (Fsp3) is 0. The number of benzene rings is 4. The summed E-state index contributed by atoms with van der Waals surface area (Å²) in [5, 5.41) is 24.3. The minimum absolute atomic E-state index is 0.143. The van der Waals surface area contributed by atoms with Gasteiger partial charge in [0.1, 0.15) is 5.75 Å². The molecule has 0 aliphatic carbocycles. The number of thiocarbonyl (C=S) groups is 1. The van der Waals surface area contributed by atoms with Crippen molar-refractivity contribution in [1.29, 1.82) is 0 Å². The Morgan fingerprint density at radius 2 is 1.65 bits per heavy atom. The number of carbonyl (C=O) groups is 1. The van der Waals surface area contributed by atoms with Crippen molar-refractivity contribution in [1.82, 2.24) is 0 Å². The third-order valence-electron chi connectivity index (χ3n) is 5.53. The van der Waals surface area contributed by atoms with E-state index in [1.807, 2.05) is 42.5 Å². The molecule has 9 nitrogen and oxygen atoms in total. The van der Waals surface area contributed by atoms with Gasteiger partial charge in [-0.15, -0.1) is 0 Å². The number of nitro benzene ring substituents is 2. The summed E-state index contributed by atoms with van der Waals surface area (Å²) in [6, 6.07) is 23.2. The van der Waals surface area contributed by atoms with Gasteiger partial charge in [0.15, 0.2) is 4.32 Å². The van der Waals surface area contributed by atoms with Crippen LogP contribution in [0.2, 0.25) is 0 Å². The van der Waals surface area contributed by atoms with Gasteiger partial charge >= 0.3 is 5.69 Å². The van der Waals surface area contributed by atoms with Crippen molar-refractivity contribution < 1.29 is 19.4 Å². The first-order valence-corrected chi connectivity index (χ1v) is 12.0. The van der Waals surface area contributed by atoms with Crippen molar-refractivity contribution in [3.8, 4) is 11.5 Å². The highest BCUT2D eigenvalue weighted by atomic mass is 32.2. The van der Waals surface area contributed by atoms with E-state index in [0.717, 1.165) is 22.9 Å². The molecular formula is C26H15N3O6S2. The van der Waals surface area contributed by atoms with E-state index >= 15 is 0 Å². The molecule has 1 amide bonds. The van der Waals surface area contributed by atoms with Crippen LogP contribution < -0.4 is 9.64 Å². The number of nitro groups is 2. The molecule has 1 aliphatic heterocycles. The molecule has 0 radical (unpaired) electrons. The second kappa shape index (κ2) is 9.80. The van der Waals surface area contributed by atoms with Gasteiger partial charge in [0.25, 0.3) is 11.6 Å². The number of rotatable bonds is 6. The van der Waals surface area contributed by atoms with Crippen LogP contribution in [0.5, 0.6) is 11.5 Å². The van der Waals surface area contributed by atoms with Crippen LogP contribution in [0, 0.1) is 20.2 Å². The van der Waals surface area contributed by atoms with Crippen LogP contribution in [-0.2, 0) is 4.79 Å². The van der Waals surface area contributed by atoms with Gasteiger partial charge in [0.2, 0.25) is 5.75 Å². The highest BCUT2D eigenvalue weighted by Crippen LogP contribution is 2.39. The topological polar surface area (TPSA) is 116 Å². The van der Waals surface area contributed by atoms with E-state index in [1.54, 1.807) is 30.3 Å². The van der Waals surface area contributed by atoms with Gasteiger partial charge in [-0.25, -0.2) is 0 Å². The Balaban J connectivity index is 1.43. The Morgan fingerprint density at radius 3 is 2.43 bits per heavy atom. The average molecular weight is 530 g/mol. The zero-order valence-corrected chi connectivity index (χ0v) is 20.4. The number of amides is 1. The summed E-state index contributed by atoms with van der Waals surface area (Å²) in [5.41, 5.74) is 0.364. The van der Waals surface area contributed by atoms with Crippen LogP contribution in [0.3, 0.4) is 0 Å². The van der Waals surface area contributed by atoms with Crippen molar-refractivity contribution >= 4 is 68.1 Å². The Morgan fingerprint density at radius 1 is 0.892 bits per heavy atom. The van der Waals surface area contributed by atoms with E-state index in [2.05, 4.69) is 0 Å². The summed E-state index contributed by atoms with van der Waals surface area (Å²) in [6.45, 7) is 0. The van der Waals surface area contributed by atoms with E-state index in [9.17, 15) is 25.0 Å². The van der Waals surface area contributed by atoms with Gasteiger partial charge in [-0.05, 0) is 41.3 Å². The molecule has 1 aliphatic rings. The quantitative estimate of drug-likeness (QED) is 0.115. The lowest BCUT2D eigenvalue weighted by Gasteiger charge is -2.17. The maximum atomic E-state index is 13.3. The SMILES string of the molecule is O=C1/C(=C/c2cccc(Oc3ccc([N+](=O)[O-])cc3[N+](=O)[O-])c2)SC(=S)N1c1cccc2ccccc12. The van der Waals surface area contributed by atoms with E-state index in [1.165, 1.54) is 22.7 Å². The van der Waals surface area contributed by atoms with Crippen LogP contribution in [0.15, 0.2) is 89.8 Å². The molecule has 182 valence electrons. The zero-order valence-electron chi connectivity index (χ0n) is 18.8. The van der Waals surface area contributed by atoms with Gasteiger partial charge in [-0.2, -0.15) is 0 Å². The number of nitrogens with zero attached hydrogens (tertiary/aromatic N) is 3. The summed E-state index contributed by atoms with van der Waals surface area (Å²) < 4.78 is 6.08. The van der Waals surface area contributed by atoms with Gasteiger partial charge in [0.05, 0.1) is 26.5 Å². The molecule has 0 atom stereocenters. The fourth-order valence-electron chi connectivity index (χ4n) is 3.87. The maximum absolute atomic E-state index is 13.3. The van der Waals surface area contributed by atoms with Crippen molar-refractivity contribution in [2.45, 2.75) is 0 Å². The minimum Gasteiger partial charge on any atom is -0.450 e. The Hall–Kier alpha value is -4.61. The molecule has 4 aromatic carbocycles. The molecular weight excluding hydrogens is 514 g/mol. The number of hydrogen-bond donors (Lipinski definition) is 0. The largest absolute Gasteiger partial charge is 0.450 e. The first kappa shape index (κ1) is 24.1. The lowest BCUT2D eigenvalue weighted by molar-refractivity contribution is -0.394. The third-order valence-corrected chi connectivity index (χ3v) is 6.84. The van der Waals surface area contributed by atoms with Crippen molar-refractivity contribution in [2.75, 3.05) is 4.90 Å². The maximum Gasteiger partial charge on any atom is 0.318 e. The molecule has 37 heavy (non-hydrogen) atoms. The van der Waals surface area contributed by atoms with E-state index < -0.39 is 21.2 Å². The highest BCUT2D eigenvalue weighted by Gasteiger charge is 2.34. The average Bonchev–Trinajstić information content (AvgIpc) is 3.16. The number of thioether (sulfide) groups is 1. The zero-order chi connectivity index (χ0) is 26.1. The first-order valence-electron chi connectivity index (χ1n) is 10.8. The van der Waals surface area contributed by atoms with E-state index in [-0.39, 0.29) is 17.4 Å². The van der Waals surface area contributed by atoms with Crippen LogP contribution in [0.25, 0.3) is 16.8 Å². The van der Waals surface area contributed by atoms with Crippen molar-refractivity contribution in [2.24, 2.45) is 0 Å². The summed E-state index contributed by atoms with van der Waals surface area (Å²) in [7, 11) is 0. The summed E-state index contributed by atoms with van der Waals surface area (Å²) in [6.07, 6.45) is 1.67. The summed E-state index contributed by atoms with van der Waals surface area (Å²) >= 11 is 6.70. The predicted octanol–water partition coefficient (Wildman–Crippen LogP) is 6.85. The Labute approximate surface area is 219 Å². The number of hydrogen-bond acceptors (Lipinski definition) is 8. The number of carbonyl (C=O) groups excluding carboxylic acids is 1. The smallest absolute Gasteiger partial charge is 0.318 e. The molecule has 1 fully saturated rings. The minimum atomic E-state index is -0.745. The number of anilines is 1. The standard InChI is InChI=1S/C26H15N3O6S2/c30-25-24(37-26(36)27(25)21-10-4-7-17-6-1-2-9-20(17)21)14-16-5-3-8-19(13-16)35-23-12-11-18(28(31)32)15-22(23)29(33)34/h1-15H/b24-14-. The molecule has 0 saturated carbocycles. The second-order valence-electron chi connectivity index (χ2n) is 7.86. The normalized spacial score (nSPS) is 14.4. The third kappa shape index (κ3) is 4.77.